The molecule has 0 fully saturated rings. The van der Waals surface area contributed by atoms with Gasteiger partial charge in [-0.15, -0.1) is 0 Å². The highest BCUT2D eigenvalue weighted by Crippen LogP contribution is 2.22. The van der Waals surface area contributed by atoms with Gasteiger partial charge in [0.05, 0.1) is 0 Å². The van der Waals surface area contributed by atoms with Gasteiger partial charge >= 0.3 is 0 Å². The Morgan fingerprint density at radius 1 is 0.955 bits per heavy atom. The van der Waals surface area contributed by atoms with Crippen LogP contribution in [0.5, 0.6) is 5.75 Å². The third-order valence-electron chi connectivity index (χ3n) is 3.31. The third-order valence-corrected chi connectivity index (χ3v) is 3.31. The highest BCUT2D eigenvalue weighted by atomic mass is 16.5. The molecule has 0 aromatic heterocycles. The van der Waals surface area contributed by atoms with Gasteiger partial charge in [0.25, 0.3) is 5.91 Å². The fourth-order valence-corrected chi connectivity index (χ4v) is 2.23. The average molecular weight is 292 g/mol. The topological polar surface area (TPSA) is 64.3 Å². The number of nitrogen functional groups attached to an aromatic ring is 1. The second-order valence-electron chi connectivity index (χ2n) is 4.93. The second kappa shape index (κ2) is 6.18. The Morgan fingerprint density at radius 3 is 2.50 bits per heavy atom. The standard InChI is InChI=1S/C18H16N2O2/c19-14-8-10-15(11-9-14)22-12-18(21)20-17-7-3-5-13-4-1-2-6-16(13)17/h1-11H,12,19H2,(H,20,21). The van der Waals surface area contributed by atoms with Gasteiger partial charge in [-0.2, -0.15) is 0 Å². The van der Waals surface area contributed by atoms with E-state index in [-0.39, 0.29) is 12.5 Å². The van der Waals surface area contributed by atoms with Gasteiger partial charge in [-0.25, -0.2) is 0 Å². The fraction of sp³-hybridized carbons (Fsp3) is 0.0556. The van der Waals surface area contributed by atoms with Crippen molar-refractivity contribution in [3.63, 3.8) is 0 Å². The number of carbonyl (C=O) groups excluding carboxylic acids is 1. The van der Waals surface area contributed by atoms with E-state index in [4.69, 9.17) is 10.5 Å². The second-order valence-corrected chi connectivity index (χ2v) is 4.93. The molecule has 3 aromatic carbocycles. The molecular weight excluding hydrogens is 276 g/mol. The lowest BCUT2D eigenvalue weighted by atomic mass is 10.1. The minimum absolute atomic E-state index is 0.0485. The summed E-state index contributed by atoms with van der Waals surface area (Å²) in [5.74, 6) is 0.412. The van der Waals surface area contributed by atoms with Gasteiger partial charge in [-0.1, -0.05) is 36.4 Å². The van der Waals surface area contributed by atoms with Gasteiger partial charge in [-0.05, 0) is 35.7 Å². The molecule has 4 nitrogen and oxygen atoms in total. The summed E-state index contributed by atoms with van der Waals surface area (Å²) in [7, 11) is 0. The Kier molecular flexibility index (Phi) is 3.92. The SMILES string of the molecule is Nc1ccc(OCC(=O)Nc2cccc3ccccc23)cc1. The molecule has 0 aliphatic rings. The lowest BCUT2D eigenvalue weighted by Gasteiger charge is -2.10. The van der Waals surface area contributed by atoms with Crippen LogP contribution in [0.1, 0.15) is 0 Å². The van der Waals surface area contributed by atoms with E-state index in [1.165, 1.54) is 0 Å². The molecule has 0 aliphatic carbocycles. The predicted molar refractivity (Wildman–Crippen MR) is 88.9 cm³/mol. The van der Waals surface area contributed by atoms with Gasteiger partial charge in [0, 0.05) is 16.8 Å². The van der Waals surface area contributed by atoms with Crippen molar-refractivity contribution < 1.29 is 9.53 Å². The van der Waals surface area contributed by atoms with Crippen molar-refractivity contribution in [3.05, 3.63) is 66.7 Å². The Morgan fingerprint density at radius 2 is 1.68 bits per heavy atom. The summed E-state index contributed by atoms with van der Waals surface area (Å²) in [5.41, 5.74) is 7.04. The molecule has 0 aliphatic heterocycles. The molecule has 3 N–H and O–H groups in total. The quantitative estimate of drug-likeness (QED) is 0.724. The zero-order valence-electron chi connectivity index (χ0n) is 12.0. The molecule has 0 atom stereocenters. The Labute approximate surface area is 128 Å². The normalized spacial score (nSPS) is 10.4. The van der Waals surface area contributed by atoms with Crippen LogP contribution in [0.3, 0.4) is 0 Å². The maximum atomic E-state index is 12.0. The number of hydrogen-bond acceptors (Lipinski definition) is 3. The number of anilines is 2. The zero-order chi connectivity index (χ0) is 15.4. The molecule has 1 amide bonds. The van der Waals surface area contributed by atoms with E-state index >= 15 is 0 Å². The highest BCUT2D eigenvalue weighted by Gasteiger charge is 2.06. The number of carbonyl (C=O) groups is 1. The molecule has 0 saturated heterocycles. The number of benzene rings is 3. The minimum atomic E-state index is -0.201. The molecule has 4 heteroatoms. The first kappa shape index (κ1) is 13.9. The molecule has 0 heterocycles. The first-order chi connectivity index (χ1) is 10.7. The summed E-state index contributed by atoms with van der Waals surface area (Å²) >= 11 is 0. The van der Waals surface area contributed by atoms with Gasteiger partial charge in [0.2, 0.25) is 0 Å². The van der Waals surface area contributed by atoms with Crippen LogP contribution in [0, 0.1) is 0 Å². The van der Waals surface area contributed by atoms with E-state index in [0.717, 1.165) is 16.5 Å². The number of nitrogens with one attached hydrogen (secondary N) is 1. The van der Waals surface area contributed by atoms with Gasteiger partial charge in [-0.3, -0.25) is 4.79 Å². The largest absolute Gasteiger partial charge is 0.484 e. The maximum absolute atomic E-state index is 12.0. The van der Waals surface area contributed by atoms with E-state index in [1.54, 1.807) is 24.3 Å². The molecule has 110 valence electrons. The highest BCUT2D eigenvalue weighted by molar-refractivity contribution is 6.02. The van der Waals surface area contributed by atoms with E-state index in [1.807, 2.05) is 42.5 Å². The van der Waals surface area contributed by atoms with E-state index in [2.05, 4.69) is 5.32 Å². The van der Waals surface area contributed by atoms with Gasteiger partial charge in [0.15, 0.2) is 6.61 Å². The molecule has 0 spiro atoms. The predicted octanol–water partition coefficient (Wildman–Crippen LogP) is 3.44. The molecule has 0 saturated carbocycles. The molecule has 3 aromatic rings. The number of rotatable bonds is 4. The van der Waals surface area contributed by atoms with Crippen molar-refractivity contribution in [1.29, 1.82) is 0 Å². The van der Waals surface area contributed by atoms with E-state index in [9.17, 15) is 4.79 Å². The number of nitrogens with two attached hydrogens (primary N) is 1. The van der Waals surface area contributed by atoms with Crippen LogP contribution in [0.2, 0.25) is 0 Å². The van der Waals surface area contributed by atoms with Crippen LogP contribution in [0.25, 0.3) is 10.8 Å². The Balaban J connectivity index is 1.67. The number of fused-ring (bicyclic) bond motifs is 1. The summed E-state index contributed by atoms with van der Waals surface area (Å²) in [5, 5.41) is 4.97. The number of hydrogen-bond donors (Lipinski definition) is 2. The average Bonchev–Trinajstić information content (AvgIpc) is 2.55. The summed E-state index contributed by atoms with van der Waals surface area (Å²) < 4.78 is 5.44. The summed E-state index contributed by atoms with van der Waals surface area (Å²) in [6.45, 7) is -0.0485. The smallest absolute Gasteiger partial charge is 0.262 e. The summed E-state index contributed by atoms with van der Waals surface area (Å²) in [6, 6.07) is 20.7. The van der Waals surface area contributed by atoms with Crippen molar-refractivity contribution in [2.75, 3.05) is 17.7 Å². The number of ether oxygens (including phenoxy) is 1. The number of amides is 1. The lowest BCUT2D eigenvalue weighted by molar-refractivity contribution is -0.118. The van der Waals surface area contributed by atoms with E-state index < -0.39 is 0 Å². The molecule has 3 rings (SSSR count). The van der Waals surface area contributed by atoms with Crippen molar-refractivity contribution in [2.24, 2.45) is 0 Å². The summed E-state index contributed by atoms with van der Waals surface area (Å²) in [4.78, 5) is 12.0. The molecule has 0 unspecified atom stereocenters. The van der Waals surface area contributed by atoms with Crippen LogP contribution in [-0.2, 0) is 4.79 Å². The zero-order valence-corrected chi connectivity index (χ0v) is 12.0. The van der Waals surface area contributed by atoms with Crippen molar-refractivity contribution >= 4 is 28.1 Å². The first-order valence-corrected chi connectivity index (χ1v) is 6.98. The van der Waals surface area contributed by atoms with Crippen LogP contribution in [0.15, 0.2) is 66.7 Å². The van der Waals surface area contributed by atoms with Crippen molar-refractivity contribution in [1.82, 2.24) is 0 Å². The van der Waals surface area contributed by atoms with Crippen molar-refractivity contribution in [3.8, 4) is 5.75 Å². The van der Waals surface area contributed by atoms with Gasteiger partial charge < -0.3 is 15.8 Å². The monoisotopic (exact) mass is 292 g/mol. The maximum Gasteiger partial charge on any atom is 0.262 e. The molecule has 0 radical (unpaired) electrons. The molecule has 0 bridgehead atoms. The third kappa shape index (κ3) is 3.17. The summed E-state index contributed by atoms with van der Waals surface area (Å²) in [6.07, 6.45) is 0. The van der Waals surface area contributed by atoms with Crippen LogP contribution in [-0.4, -0.2) is 12.5 Å². The Bertz CT molecular complexity index is 792. The molecular formula is C18H16N2O2. The van der Waals surface area contributed by atoms with Crippen LogP contribution in [0.4, 0.5) is 11.4 Å². The van der Waals surface area contributed by atoms with E-state index in [0.29, 0.717) is 11.4 Å². The first-order valence-electron chi connectivity index (χ1n) is 6.98. The van der Waals surface area contributed by atoms with Crippen LogP contribution < -0.4 is 15.8 Å². The fourth-order valence-electron chi connectivity index (χ4n) is 2.23. The van der Waals surface area contributed by atoms with Gasteiger partial charge in [0.1, 0.15) is 5.75 Å². The van der Waals surface area contributed by atoms with Crippen LogP contribution >= 0.6 is 0 Å². The van der Waals surface area contributed by atoms with Crippen molar-refractivity contribution in [2.45, 2.75) is 0 Å². The minimum Gasteiger partial charge on any atom is -0.484 e. The Hall–Kier alpha value is -3.01. The molecule has 22 heavy (non-hydrogen) atoms. The lowest BCUT2D eigenvalue weighted by Crippen LogP contribution is -2.20.